The van der Waals surface area contributed by atoms with Crippen LogP contribution in [0.4, 0.5) is 0 Å². The van der Waals surface area contributed by atoms with Crippen LogP contribution in [0.1, 0.15) is 50.1 Å². The molecule has 2 fully saturated rings. The summed E-state index contributed by atoms with van der Waals surface area (Å²) >= 11 is 7.99. The molecule has 0 N–H and O–H groups in total. The van der Waals surface area contributed by atoms with Crippen molar-refractivity contribution in [1.82, 2.24) is 19.7 Å². The Kier molecular flexibility index (Phi) is 7.11. The molecule has 0 unspecified atom stereocenters. The lowest BCUT2D eigenvalue weighted by atomic mass is 10.2. The normalized spacial score (nSPS) is 16.1. The van der Waals surface area contributed by atoms with E-state index in [4.69, 9.17) is 16.3 Å². The van der Waals surface area contributed by atoms with Crippen molar-refractivity contribution in [2.75, 3.05) is 12.9 Å². The molecular formula is C26H29ClN4O2S. The summed E-state index contributed by atoms with van der Waals surface area (Å²) in [6.45, 7) is 0.619. The van der Waals surface area contributed by atoms with Crippen molar-refractivity contribution in [1.29, 1.82) is 0 Å². The Hall–Kier alpha value is -2.51. The molecule has 6 nitrogen and oxygen atoms in total. The average molecular weight is 497 g/mol. The highest BCUT2D eigenvalue weighted by atomic mass is 35.5. The fourth-order valence-corrected chi connectivity index (χ4v) is 5.75. The lowest BCUT2D eigenvalue weighted by Crippen LogP contribution is -2.34. The standard InChI is InChI=1S/C26H29ClN4O2S/c1-33-21-14-10-18(11-15-21)16-30(19-12-13-19)24(32)17-34-26-29-28-25(22-8-4-5-9-23(22)27)31(26)20-6-2-3-7-20/h4-5,8-11,14-15,19-20H,2-3,6-7,12-13,16-17H2,1H3. The summed E-state index contributed by atoms with van der Waals surface area (Å²) in [5.41, 5.74) is 2.00. The number of halogens is 1. The average Bonchev–Trinajstić information content (AvgIpc) is 3.38. The number of hydrogen-bond acceptors (Lipinski definition) is 5. The van der Waals surface area contributed by atoms with Gasteiger partial charge in [0.25, 0.3) is 0 Å². The van der Waals surface area contributed by atoms with Gasteiger partial charge >= 0.3 is 0 Å². The van der Waals surface area contributed by atoms with Gasteiger partial charge in [-0.1, -0.05) is 60.5 Å². The zero-order chi connectivity index (χ0) is 23.5. The molecule has 8 heteroatoms. The van der Waals surface area contributed by atoms with Crippen LogP contribution in [0.15, 0.2) is 53.7 Å². The van der Waals surface area contributed by atoms with Crippen molar-refractivity contribution in [2.45, 2.75) is 62.3 Å². The SMILES string of the molecule is COc1ccc(CN(C(=O)CSc2nnc(-c3ccccc3Cl)n2C2CCCC2)C2CC2)cc1. The summed E-state index contributed by atoms with van der Waals surface area (Å²) in [4.78, 5) is 15.3. The summed E-state index contributed by atoms with van der Waals surface area (Å²) < 4.78 is 7.48. The van der Waals surface area contributed by atoms with Crippen LogP contribution in [0.5, 0.6) is 5.75 Å². The van der Waals surface area contributed by atoms with E-state index in [1.165, 1.54) is 24.6 Å². The molecule has 2 saturated carbocycles. The minimum atomic E-state index is 0.142. The van der Waals surface area contributed by atoms with E-state index in [1.54, 1.807) is 7.11 Å². The number of hydrogen-bond donors (Lipinski definition) is 0. The molecule has 0 spiro atoms. The fourth-order valence-electron chi connectivity index (χ4n) is 4.64. The Morgan fingerprint density at radius 3 is 2.50 bits per heavy atom. The number of rotatable bonds is 9. The first kappa shape index (κ1) is 23.2. The van der Waals surface area contributed by atoms with Gasteiger partial charge in [0.15, 0.2) is 11.0 Å². The maximum Gasteiger partial charge on any atom is 0.233 e. The molecule has 2 aliphatic rings. The first-order chi connectivity index (χ1) is 16.6. The van der Waals surface area contributed by atoms with Crippen LogP contribution in [0.3, 0.4) is 0 Å². The Labute approximate surface area is 209 Å². The number of ether oxygens (including phenoxy) is 1. The van der Waals surface area contributed by atoms with Crippen molar-refractivity contribution in [3.05, 3.63) is 59.1 Å². The maximum absolute atomic E-state index is 13.3. The number of aromatic nitrogens is 3. The predicted molar refractivity (Wildman–Crippen MR) is 135 cm³/mol. The van der Waals surface area contributed by atoms with Crippen LogP contribution in [-0.4, -0.2) is 44.5 Å². The molecule has 0 radical (unpaired) electrons. The van der Waals surface area contributed by atoms with Crippen molar-refractivity contribution < 1.29 is 9.53 Å². The van der Waals surface area contributed by atoms with E-state index in [0.29, 0.717) is 29.4 Å². The van der Waals surface area contributed by atoms with E-state index in [9.17, 15) is 4.79 Å². The summed E-state index contributed by atoms with van der Waals surface area (Å²) in [7, 11) is 1.66. The third-order valence-electron chi connectivity index (χ3n) is 6.61. The molecule has 178 valence electrons. The van der Waals surface area contributed by atoms with Crippen LogP contribution in [0.25, 0.3) is 11.4 Å². The molecule has 0 saturated heterocycles. The molecule has 34 heavy (non-hydrogen) atoms. The minimum absolute atomic E-state index is 0.142. The number of amides is 1. The molecular weight excluding hydrogens is 468 g/mol. The van der Waals surface area contributed by atoms with Gasteiger partial charge in [0.1, 0.15) is 5.75 Å². The predicted octanol–water partition coefficient (Wildman–Crippen LogP) is 6.01. The van der Waals surface area contributed by atoms with Crippen molar-refractivity contribution in [2.24, 2.45) is 0 Å². The minimum Gasteiger partial charge on any atom is -0.497 e. The smallest absolute Gasteiger partial charge is 0.233 e. The van der Waals surface area contributed by atoms with Crippen LogP contribution in [0.2, 0.25) is 5.02 Å². The van der Waals surface area contributed by atoms with Gasteiger partial charge in [-0.05, 0) is 55.5 Å². The summed E-state index contributed by atoms with van der Waals surface area (Å²) in [6, 6.07) is 16.4. The van der Waals surface area contributed by atoms with Gasteiger partial charge in [-0.3, -0.25) is 9.36 Å². The van der Waals surface area contributed by atoms with E-state index in [2.05, 4.69) is 14.8 Å². The topological polar surface area (TPSA) is 60.2 Å². The lowest BCUT2D eigenvalue weighted by molar-refractivity contribution is -0.129. The summed E-state index contributed by atoms with van der Waals surface area (Å²) in [5.74, 6) is 2.11. The van der Waals surface area contributed by atoms with Crippen molar-refractivity contribution in [3.8, 4) is 17.1 Å². The quantitative estimate of drug-likeness (QED) is 0.340. The van der Waals surface area contributed by atoms with E-state index >= 15 is 0 Å². The number of benzene rings is 2. The Bertz CT molecular complexity index is 1140. The third kappa shape index (κ3) is 5.10. The number of thioether (sulfide) groups is 1. The van der Waals surface area contributed by atoms with Gasteiger partial charge < -0.3 is 9.64 Å². The molecule has 0 aliphatic heterocycles. The van der Waals surface area contributed by atoms with Gasteiger partial charge in [0.05, 0.1) is 17.9 Å². The molecule has 2 aliphatic carbocycles. The molecule has 1 aromatic heterocycles. The monoisotopic (exact) mass is 496 g/mol. The molecule has 3 aromatic rings. The lowest BCUT2D eigenvalue weighted by Gasteiger charge is -2.23. The molecule has 2 aromatic carbocycles. The first-order valence-corrected chi connectivity index (χ1v) is 13.3. The molecule has 0 bridgehead atoms. The van der Waals surface area contributed by atoms with E-state index < -0.39 is 0 Å². The molecule has 1 heterocycles. The van der Waals surface area contributed by atoms with E-state index in [0.717, 1.165) is 53.5 Å². The maximum atomic E-state index is 13.3. The Morgan fingerprint density at radius 1 is 1.09 bits per heavy atom. The number of carbonyl (C=O) groups is 1. The summed E-state index contributed by atoms with van der Waals surface area (Å²) in [5, 5.41) is 10.5. The second-order valence-corrected chi connectivity index (χ2v) is 10.3. The molecule has 1 amide bonds. The van der Waals surface area contributed by atoms with E-state index in [-0.39, 0.29) is 5.91 Å². The van der Waals surface area contributed by atoms with Gasteiger partial charge in [-0.25, -0.2) is 0 Å². The van der Waals surface area contributed by atoms with Gasteiger partial charge in [-0.2, -0.15) is 0 Å². The number of carbonyl (C=O) groups excluding carboxylic acids is 1. The largest absolute Gasteiger partial charge is 0.497 e. The van der Waals surface area contributed by atoms with Gasteiger partial charge in [0.2, 0.25) is 5.91 Å². The Balaban J connectivity index is 1.33. The van der Waals surface area contributed by atoms with Gasteiger partial charge in [0, 0.05) is 24.2 Å². The third-order valence-corrected chi connectivity index (χ3v) is 7.87. The summed E-state index contributed by atoms with van der Waals surface area (Å²) in [6.07, 6.45) is 6.74. The van der Waals surface area contributed by atoms with Crippen molar-refractivity contribution >= 4 is 29.3 Å². The van der Waals surface area contributed by atoms with Gasteiger partial charge in [-0.15, -0.1) is 10.2 Å². The second kappa shape index (κ2) is 10.4. The van der Waals surface area contributed by atoms with Crippen LogP contribution in [-0.2, 0) is 11.3 Å². The molecule has 0 atom stereocenters. The number of methoxy groups -OCH3 is 1. The zero-order valence-corrected chi connectivity index (χ0v) is 20.9. The highest BCUT2D eigenvalue weighted by Gasteiger charge is 2.33. The van der Waals surface area contributed by atoms with Crippen LogP contribution < -0.4 is 4.74 Å². The highest BCUT2D eigenvalue weighted by molar-refractivity contribution is 7.99. The zero-order valence-electron chi connectivity index (χ0n) is 19.3. The number of nitrogens with zero attached hydrogens (tertiary/aromatic N) is 4. The van der Waals surface area contributed by atoms with Crippen LogP contribution >= 0.6 is 23.4 Å². The van der Waals surface area contributed by atoms with Crippen LogP contribution in [0, 0.1) is 0 Å². The Morgan fingerprint density at radius 2 is 1.82 bits per heavy atom. The second-order valence-electron chi connectivity index (χ2n) is 8.98. The van der Waals surface area contributed by atoms with E-state index in [1.807, 2.05) is 53.4 Å². The van der Waals surface area contributed by atoms with Crippen molar-refractivity contribution in [3.63, 3.8) is 0 Å². The fraction of sp³-hybridized carbons (Fsp3) is 0.423. The highest BCUT2D eigenvalue weighted by Crippen LogP contribution is 2.38. The first-order valence-electron chi connectivity index (χ1n) is 11.9. The molecule has 5 rings (SSSR count).